The number of carbonyl (C=O) groups is 1. The molecule has 0 unspecified atom stereocenters. The smallest absolute Gasteiger partial charge is 0.250 e. The lowest BCUT2D eigenvalue weighted by atomic mass is 10.1. The normalized spacial score (nSPS) is 14.2. The molecule has 1 heterocycles. The van der Waals surface area contributed by atoms with Gasteiger partial charge < -0.3 is 10.2 Å². The molecule has 1 fully saturated rings. The summed E-state index contributed by atoms with van der Waals surface area (Å²) in [6, 6.07) is 15.4. The van der Waals surface area contributed by atoms with Crippen molar-refractivity contribution in [2.45, 2.75) is 19.3 Å². The van der Waals surface area contributed by atoms with Crippen molar-refractivity contribution in [1.29, 1.82) is 0 Å². The van der Waals surface area contributed by atoms with Gasteiger partial charge in [-0.1, -0.05) is 23.7 Å². The Labute approximate surface area is 170 Å². The quantitative estimate of drug-likeness (QED) is 0.569. The minimum absolute atomic E-state index is 0.270. The molecule has 2 aromatic rings. The average molecular weight is 400 g/mol. The summed E-state index contributed by atoms with van der Waals surface area (Å²) in [7, 11) is 0. The number of hydrogen-bond acceptors (Lipinski definition) is 3. The number of carbonyl (C=O) groups excluding carboxylic acids is 1. The summed E-state index contributed by atoms with van der Waals surface area (Å²) in [5, 5.41) is 6.61. The second kappa shape index (κ2) is 9.53. The Morgan fingerprint density at radius 3 is 2.33 bits per heavy atom. The summed E-state index contributed by atoms with van der Waals surface area (Å²) in [4.78, 5) is 14.4. The zero-order chi connectivity index (χ0) is 19.1. The van der Waals surface area contributed by atoms with E-state index in [0.29, 0.717) is 5.02 Å². The zero-order valence-corrected chi connectivity index (χ0v) is 16.5. The fourth-order valence-corrected chi connectivity index (χ4v) is 3.31. The fraction of sp³-hybridized carbons (Fsp3) is 0.238. The standard InChI is InChI=1S/C21H22ClN3OS/c22-17-7-4-16(5-8-17)6-13-20(26)24-21(27)23-18-9-11-19(12-10-18)25-14-2-1-3-15-25/h4-13H,1-3,14-15H2,(H2,23,24,26,27). The predicted octanol–water partition coefficient (Wildman–Crippen LogP) is 4.86. The van der Waals surface area contributed by atoms with Gasteiger partial charge in [-0.15, -0.1) is 0 Å². The number of piperidine rings is 1. The first-order valence-corrected chi connectivity index (χ1v) is 9.79. The Kier molecular flexibility index (Phi) is 6.85. The highest BCUT2D eigenvalue weighted by Gasteiger charge is 2.10. The van der Waals surface area contributed by atoms with Crippen LogP contribution in [0.4, 0.5) is 11.4 Å². The van der Waals surface area contributed by atoms with Gasteiger partial charge in [0.25, 0.3) is 0 Å². The van der Waals surface area contributed by atoms with Gasteiger partial charge in [0.05, 0.1) is 0 Å². The maximum Gasteiger partial charge on any atom is 0.250 e. The summed E-state index contributed by atoms with van der Waals surface area (Å²) >= 11 is 11.1. The van der Waals surface area contributed by atoms with E-state index in [0.717, 1.165) is 24.3 Å². The number of amides is 1. The van der Waals surface area contributed by atoms with Crippen LogP contribution in [0.2, 0.25) is 5.02 Å². The van der Waals surface area contributed by atoms with Gasteiger partial charge in [0, 0.05) is 35.6 Å². The largest absolute Gasteiger partial charge is 0.372 e. The van der Waals surface area contributed by atoms with Crippen LogP contribution in [-0.2, 0) is 4.79 Å². The van der Waals surface area contributed by atoms with Crippen LogP contribution in [0.25, 0.3) is 6.08 Å². The third kappa shape index (κ3) is 6.08. The highest BCUT2D eigenvalue weighted by molar-refractivity contribution is 7.80. The van der Waals surface area contributed by atoms with Crippen LogP contribution < -0.4 is 15.5 Å². The highest BCUT2D eigenvalue weighted by atomic mass is 35.5. The SMILES string of the molecule is O=C(C=Cc1ccc(Cl)cc1)NC(=S)Nc1ccc(N2CCCCC2)cc1. The highest BCUT2D eigenvalue weighted by Crippen LogP contribution is 2.21. The molecule has 140 valence electrons. The number of nitrogens with zero attached hydrogens (tertiary/aromatic N) is 1. The molecular formula is C21H22ClN3OS. The lowest BCUT2D eigenvalue weighted by Gasteiger charge is -2.28. The van der Waals surface area contributed by atoms with Crippen molar-refractivity contribution in [3.63, 3.8) is 0 Å². The van der Waals surface area contributed by atoms with Crippen molar-refractivity contribution in [1.82, 2.24) is 5.32 Å². The van der Waals surface area contributed by atoms with Gasteiger partial charge in [0.15, 0.2) is 5.11 Å². The molecule has 0 spiro atoms. The van der Waals surface area contributed by atoms with Crippen molar-refractivity contribution < 1.29 is 4.79 Å². The van der Waals surface area contributed by atoms with Gasteiger partial charge >= 0.3 is 0 Å². The Bertz CT molecular complexity index is 812. The molecule has 0 atom stereocenters. The molecule has 3 rings (SSSR count). The minimum atomic E-state index is -0.285. The topological polar surface area (TPSA) is 44.4 Å². The van der Waals surface area contributed by atoms with Crippen molar-refractivity contribution in [3.05, 3.63) is 65.2 Å². The lowest BCUT2D eigenvalue weighted by molar-refractivity contribution is -0.115. The molecule has 2 N–H and O–H groups in total. The van der Waals surface area contributed by atoms with E-state index in [-0.39, 0.29) is 11.0 Å². The van der Waals surface area contributed by atoms with Crippen LogP contribution in [0.5, 0.6) is 0 Å². The molecule has 0 radical (unpaired) electrons. The number of halogens is 1. The fourth-order valence-electron chi connectivity index (χ4n) is 2.97. The molecule has 2 aromatic carbocycles. The molecule has 6 heteroatoms. The second-order valence-corrected chi connectivity index (χ2v) is 7.27. The summed E-state index contributed by atoms with van der Waals surface area (Å²) in [5.74, 6) is -0.285. The van der Waals surface area contributed by atoms with Crippen LogP contribution >= 0.6 is 23.8 Å². The van der Waals surface area contributed by atoms with Crippen molar-refractivity contribution in [2.24, 2.45) is 0 Å². The molecule has 27 heavy (non-hydrogen) atoms. The Hall–Kier alpha value is -2.37. The molecule has 0 aliphatic carbocycles. The number of benzene rings is 2. The van der Waals surface area contributed by atoms with Gasteiger partial charge in [-0.2, -0.15) is 0 Å². The number of thiocarbonyl (C=S) groups is 1. The summed E-state index contributed by atoms with van der Waals surface area (Å²) < 4.78 is 0. The summed E-state index contributed by atoms with van der Waals surface area (Å²) in [5.41, 5.74) is 2.96. The first kappa shape index (κ1) is 19.4. The monoisotopic (exact) mass is 399 g/mol. The van der Waals surface area contributed by atoms with Crippen LogP contribution in [0.15, 0.2) is 54.6 Å². The van der Waals surface area contributed by atoms with Gasteiger partial charge in [-0.25, -0.2) is 0 Å². The molecule has 1 saturated heterocycles. The number of nitrogens with one attached hydrogen (secondary N) is 2. The van der Waals surface area contributed by atoms with Gasteiger partial charge in [-0.05, 0) is 79.5 Å². The molecule has 0 aromatic heterocycles. The minimum Gasteiger partial charge on any atom is -0.372 e. The first-order valence-electron chi connectivity index (χ1n) is 9.01. The van der Waals surface area contributed by atoms with E-state index in [1.54, 1.807) is 18.2 Å². The molecule has 1 amide bonds. The van der Waals surface area contributed by atoms with Gasteiger partial charge in [0.1, 0.15) is 0 Å². The molecule has 4 nitrogen and oxygen atoms in total. The van der Waals surface area contributed by atoms with Crippen molar-refractivity contribution in [2.75, 3.05) is 23.3 Å². The van der Waals surface area contributed by atoms with Crippen LogP contribution in [0.3, 0.4) is 0 Å². The lowest BCUT2D eigenvalue weighted by Crippen LogP contribution is -2.32. The third-order valence-electron chi connectivity index (χ3n) is 4.38. The number of rotatable bonds is 4. The molecule has 0 bridgehead atoms. The zero-order valence-electron chi connectivity index (χ0n) is 15.0. The van der Waals surface area contributed by atoms with E-state index in [4.69, 9.17) is 23.8 Å². The number of anilines is 2. The Morgan fingerprint density at radius 1 is 1.00 bits per heavy atom. The van der Waals surface area contributed by atoms with Gasteiger partial charge in [-0.3, -0.25) is 10.1 Å². The van der Waals surface area contributed by atoms with Crippen LogP contribution in [0.1, 0.15) is 24.8 Å². The van der Waals surface area contributed by atoms with Crippen molar-refractivity contribution >= 4 is 52.3 Å². The Balaban J connectivity index is 1.49. The van der Waals surface area contributed by atoms with Crippen LogP contribution in [0, 0.1) is 0 Å². The molecule has 1 aliphatic heterocycles. The van der Waals surface area contributed by atoms with E-state index in [1.165, 1.54) is 31.0 Å². The third-order valence-corrected chi connectivity index (χ3v) is 4.84. The Morgan fingerprint density at radius 2 is 1.67 bits per heavy atom. The summed E-state index contributed by atoms with van der Waals surface area (Å²) in [6.45, 7) is 2.22. The average Bonchev–Trinajstić information content (AvgIpc) is 2.69. The molecule has 0 saturated carbocycles. The summed E-state index contributed by atoms with van der Waals surface area (Å²) in [6.07, 6.45) is 6.97. The van der Waals surface area contributed by atoms with E-state index in [9.17, 15) is 4.79 Å². The van der Waals surface area contributed by atoms with Crippen molar-refractivity contribution in [3.8, 4) is 0 Å². The van der Waals surface area contributed by atoms with E-state index in [2.05, 4.69) is 27.7 Å². The molecular weight excluding hydrogens is 378 g/mol. The van der Waals surface area contributed by atoms with E-state index in [1.807, 2.05) is 24.3 Å². The number of hydrogen-bond donors (Lipinski definition) is 2. The van der Waals surface area contributed by atoms with E-state index < -0.39 is 0 Å². The van der Waals surface area contributed by atoms with Crippen LogP contribution in [-0.4, -0.2) is 24.1 Å². The molecule has 1 aliphatic rings. The second-order valence-electron chi connectivity index (χ2n) is 6.42. The maximum absolute atomic E-state index is 12.0. The van der Waals surface area contributed by atoms with E-state index >= 15 is 0 Å². The predicted molar refractivity (Wildman–Crippen MR) is 117 cm³/mol. The first-order chi connectivity index (χ1) is 13.1. The van der Waals surface area contributed by atoms with Gasteiger partial charge in [0.2, 0.25) is 5.91 Å². The maximum atomic E-state index is 12.0.